The number of aliphatic hydroxyl groups excluding tert-OH is 1. The van der Waals surface area contributed by atoms with E-state index in [0.29, 0.717) is 12.4 Å². The van der Waals surface area contributed by atoms with Crippen LogP contribution in [0.1, 0.15) is 23.4 Å². The van der Waals surface area contributed by atoms with Gasteiger partial charge in [-0.15, -0.1) is 0 Å². The number of carboxylic acids is 1. The third kappa shape index (κ3) is 2.12. The van der Waals surface area contributed by atoms with E-state index in [9.17, 15) is 4.79 Å². The standard InChI is InChI=1S/C10H13NO4/c12-6-10(3-4-10)5-11-8-2-1-7(15-8)9(13)14/h1-2,11-12H,3-6H2,(H,13,14). The smallest absolute Gasteiger partial charge is 0.371 e. The van der Waals surface area contributed by atoms with Gasteiger partial charge in [-0.05, 0) is 18.9 Å². The van der Waals surface area contributed by atoms with E-state index in [0.717, 1.165) is 12.8 Å². The summed E-state index contributed by atoms with van der Waals surface area (Å²) in [6.07, 6.45) is 2.01. The number of aromatic carboxylic acids is 1. The summed E-state index contributed by atoms with van der Waals surface area (Å²) in [6.45, 7) is 0.780. The van der Waals surface area contributed by atoms with Gasteiger partial charge in [-0.3, -0.25) is 0 Å². The first-order chi connectivity index (χ1) is 7.15. The first-order valence-electron chi connectivity index (χ1n) is 4.83. The predicted molar refractivity (Wildman–Crippen MR) is 52.9 cm³/mol. The topological polar surface area (TPSA) is 82.7 Å². The van der Waals surface area contributed by atoms with E-state index in [2.05, 4.69) is 5.32 Å². The second-order valence-electron chi connectivity index (χ2n) is 3.98. The average molecular weight is 211 g/mol. The molecule has 82 valence electrons. The first-order valence-corrected chi connectivity index (χ1v) is 4.83. The summed E-state index contributed by atoms with van der Waals surface area (Å²) in [6, 6.07) is 2.99. The number of anilines is 1. The third-order valence-electron chi connectivity index (χ3n) is 2.75. The van der Waals surface area contributed by atoms with Crippen LogP contribution in [-0.2, 0) is 0 Å². The highest BCUT2D eigenvalue weighted by molar-refractivity contribution is 5.84. The molecule has 15 heavy (non-hydrogen) atoms. The minimum absolute atomic E-state index is 0.0177. The monoisotopic (exact) mass is 211 g/mol. The van der Waals surface area contributed by atoms with Crippen LogP contribution in [0.4, 0.5) is 5.88 Å². The van der Waals surface area contributed by atoms with Crippen LogP contribution < -0.4 is 5.32 Å². The van der Waals surface area contributed by atoms with Crippen molar-refractivity contribution in [2.24, 2.45) is 5.41 Å². The molecule has 1 aromatic heterocycles. The van der Waals surface area contributed by atoms with Crippen molar-refractivity contribution in [1.29, 1.82) is 0 Å². The number of furan rings is 1. The minimum Gasteiger partial charge on any atom is -0.475 e. The summed E-state index contributed by atoms with van der Waals surface area (Å²) in [5.41, 5.74) is -0.0177. The van der Waals surface area contributed by atoms with Crippen molar-refractivity contribution in [2.45, 2.75) is 12.8 Å². The molecule has 0 aromatic carbocycles. The molecule has 0 radical (unpaired) electrons. The summed E-state index contributed by atoms with van der Waals surface area (Å²) in [7, 11) is 0. The second-order valence-corrected chi connectivity index (χ2v) is 3.98. The lowest BCUT2D eigenvalue weighted by molar-refractivity contribution is 0.0663. The number of carbonyl (C=O) groups is 1. The normalized spacial score (nSPS) is 17.4. The fourth-order valence-electron chi connectivity index (χ4n) is 1.39. The van der Waals surface area contributed by atoms with E-state index in [-0.39, 0.29) is 17.8 Å². The lowest BCUT2D eigenvalue weighted by Crippen LogP contribution is -2.18. The molecule has 5 heteroatoms. The first kappa shape index (κ1) is 10.0. The van der Waals surface area contributed by atoms with E-state index in [1.54, 1.807) is 6.07 Å². The van der Waals surface area contributed by atoms with Gasteiger partial charge in [0.05, 0.1) is 6.61 Å². The SMILES string of the molecule is O=C(O)c1ccc(NCC2(CO)CC2)o1. The average Bonchev–Trinajstić information content (AvgIpc) is 2.85. The highest BCUT2D eigenvalue weighted by atomic mass is 16.4. The van der Waals surface area contributed by atoms with Gasteiger partial charge in [0.15, 0.2) is 5.88 Å². The zero-order valence-electron chi connectivity index (χ0n) is 8.19. The van der Waals surface area contributed by atoms with Crippen molar-refractivity contribution < 1.29 is 19.4 Å². The molecule has 0 unspecified atom stereocenters. The molecular formula is C10H13NO4. The van der Waals surface area contributed by atoms with Crippen molar-refractivity contribution >= 4 is 11.9 Å². The number of carboxylic acid groups (broad SMARTS) is 1. The highest BCUT2D eigenvalue weighted by Crippen LogP contribution is 2.44. The van der Waals surface area contributed by atoms with Gasteiger partial charge >= 0.3 is 5.97 Å². The van der Waals surface area contributed by atoms with Crippen LogP contribution >= 0.6 is 0 Å². The molecule has 0 amide bonds. The van der Waals surface area contributed by atoms with Gasteiger partial charge in [0.1, 0.15) is 0 Å². The maximum atomic E-state index is 10.5. The molecule has 1 aromatic rings. The minimum atomic E-state index is -1.08. The number of hydrogen-bond acceptors (Lipinski definition) is 4. The van der Waals surface area contributed by atoms with Crippen LogP contribution in [0.15, 0.2) is 16.5 Å². The van der Waals surface area contributed by atoms with Crippen LogP contribution in [0.25, 0.3) is 0 Å². The van der Waals surface area contributed by atoms with Crippen LogP contribution in [0.5, 0.6) is 0 Å². The number of hydrogen-bond donors (Lipinski definition) is 3. The van der Waals surface area contributed by atoms with Gasteiger partial charge in [-0.1, -0.05) is 0 Å². The second kappa shape index (κ2) is 3.58. The number of aliphatic hydroxyl groups is 1. The summed E-state index contributed by atoms with van der Waals surface area (Å²) < 4.78 is 5.02. The Morgan fingerprint density at radius 3 is 2.73 bits per heavy atom. The van der Waals surface area contributed by atoms with E-state index in [1.165, 1.54) is 6.07 Å². The fraction of sp³-hybridized carbons (Fsp3) is 0.500. The molecule has 1 aliphatic carbocycles. The van der Waals surface area contributed by atoms with Crippen molar-refractivity contribution in [3.8, 4) is 0 Å². The fourth-order valence-corrected chi connectivity index (χ4v) is 1.39. The molecule has 0 atom stereocenters. The predicted octanol–water partition coefficient (Wildman–Crippen LogP) is 1.16. The molecule has 2 rings (SSSR count). The Labute approximate surface area is 86.7 Å². The highest BCUT2D eigenvalue weighted by Gasteiger charge is 2.41. The largest absolute Gasteiger partial charge is 0.475 e. The van der Waals surface area contributed by atoms with Crippen LogP contribution in [-0.4, -0.2) is 29.3 Å². The van der Waals surface area contributed by atoms with Crippen LogP contribution in [0.3, 0.4) is 0 Å². The molecule has 0 spiro atoms. The zero-order chi connectivity index (χ0) is 10.9. The molecule has 1 aliphatic rings. The van der Waals surface area contributed by atoms with Gasteiger partial charge in [-0.2, -0.15) is 0 Å². The van der Waals surface area contributed by atoms with E-state index >= 15 is 0 Å². The molecular weight excluding hydrogens is 198 g/mol. The number of nitrogens with one attached hydrogen (secondary N) is 1. The van der Waals surface area contributed by atoms with Crippen molar-refractivity contribution in [3.05, 3.63) is 17.9 Å². The Hall–Kier alpha value is -1.49. The molecule has 0 bridgehead atoms. The zero-order valence-corrected chi connectivity index (χ0v) is 8.19. The van der Waals surface area contributed by atoms with Crippen molar-refractivity contribution in [3.63, 3.8) is 0 Å². The Morgan fingerprint density at radius 2 is 2.27 bits per heavy atom. The maximum Gasteiger partial charge on any atom is 0.371 e. The Bertz CT molecular complexity index is 367. The molecule has 5 nitrogen and oxygen atoms in total. The quantitative estimate of drug-likeness (QED) is 0.680. The van der Waals surface area contributed by atoms with Crippen molar-refractivity contribution in [2.75, 3.05) is 18.5 Å². The summed E-state index contributed by atoms with van der Waals surface area (Å²) in [5.74, 6) is -0.718. The lowest BCUT2D eigenvalue weighted by atomic mass is 10.1. The third-order valence-corrected chi connectivity index (χ3v) is 2.75. The summed E-state index contributed by atoms with van der Waals surface area (Å²) in [5, 5.41) is 20.7. The molecule has 1 saturated carbocycles. The maximum absolute atomic E-state index is 10.5. The molecule has 1 heterocycles. The molecule has 0 aliphatic heterocycles. The summed E-state index contributed by atoms with van der Waals surface area (Å²) >= 11 is 0. The van der Waals surface area contributed by atoms with E-state index in [1.807, 2.05) is 0 Å². The van der Waals surface area contributed by atoms with Crippen LogP contribution in [0, 0.1) is 5.41 Å². The van der Waals surface area contributed by atoms with Gasteiger partial charge in [0, 0.05) is 18.0 Å². The Morgan fingerprint density at radius 1 is 1.53 bits per heavy atom. The molecule has 0 saturated heterocycles. The van der Waals surface area contributed by atoms with Gasteiger partial charge in [0.2, 0.25) is 5.76 Å². The molecule has 1 fully saturated rings. The lowest BCUT2D eigenvalue weighted by Gasteiger charge is -2.11. The van der Waals surface area contributed by atoms with Crippen LogP contribution in [0.2, 0.25) is 0 Å². The Balaban J connectivity index is 1.91. The van der Waals surface area contributed by atoms with Gasteiger partial charge in [0.25, 0.3) is 0 Å². The van der Waals surface area contributed by atoms with E-state index < -0.39 is 5.97 Å². The van der Waals surface area contributed by atoms with E-state index in [4.69, 9.17) is 14.6 Å². The Kier molecular flexibility index (Phi) is 2.40. The van der Waals surface area contributed by atoms with Gasteiger partial charge in [-0.25, -0.2) is 4.79 Å². The molecule has 3 N–H and O–H groups in total. The number of rotatable bonds is 5. The van der Waals surface area contributed by atoms with Crippen molar-refractivity contribution in [1.82, 2.24) is 0 Å². The summed E-state index contributed by atoms with van der Waals surface area (Å²) in [4.78, 5) is 10.5. The van der Waals surface area contributed by atoms with Gasteiger partial charge < -0.3 is 19.9 Å².